The summed E-state index contributed by atoms with van der Waals surface area (Å²) in [4.78, 5) is 4.46. The molecule has 2 heterocycles. The van der Waals surface area contributed by atoms with E-state index in [9.17, 15) is 10.2 Å². The fourth-order valence-electron chi connectivity index (χ4n) is 4.76. The summed E-state index contributed by atoms with van der Waals surface area (Å²) in [5, 5.41) is 30.6. The van der Waals surface area contributed by atoms with Gasteiger partial charge in [0.1, 0.15) is 22.8 Å². The number of pyridine rings is 1. The molecule has 182 valence electrons. The highest BCUT2D eigenvalue weighted by atomic mass is 16.5. The summed E-state index contributed by atoms with van der Waals surface area (Å²) in [6.07, 6.45) is 9.05. The molecular formula is C26H33N3O5. The first-order valence-electron chi connectivity index (χ1n) is 12.1. The summed E-state index contributed by atoms with van der Waals surface area (Å²) in [7, 11) is 3.12. The molecule has 0 amide bonds. The van der Waals surface area contributed by atoms with E-state index in [1.54, 1.807) is 26.4 Å². The van der Waals surface area contributed by atoms with E-state index in [0.29, 0.717) is 53.0 Å². The third kappa shape index (κ3) is 4.81. The van der Waals surface area contributed by atoms with Crippen LogP contribution in [0.4, 0.5) is 0 Å². The van der Waals surface area contributed by atoms with Crippen molar-refractivity contribution in [2.45, 2.75) is 64.7 Å². The Morgan fingerprint density at radius 3 is 2.32 bits per heavy atom. The van der Waals surface area contributed by atoms with Crippen molar-refractivity contribution in [1.82, 2.24) is 15.2 Å². The van der Waals surface area contributed by atoms with Crippen LogP contribution in [0.15, 0.2) is 22.6 Å². The molecule has 1 aliphatic rings. The van der Waals surface area contributed by atoms with Crippen LogP contribution in [0.2, 0.25) is 0 Å². The van der Waals surface area contributed by atoms with Gasteiger partial charge in [0, 0.05) is 6.42 Å². The number of unbranched alkanes of at least 4 members (excludes halogenated alkanes) is 1. The summed E-state index contributed by atoms with van der Waals surface area (Å²) < 4.78 is 17.1. The molecule has 8 heteroatoms. The minimum atomic E-state index is -0.339. The van der Waals surface area contributed by atoms with Gasteiger partial charge in [-0.2, -0.15) is 0 Å². The maximum absolute atomic E-state index is 11.5. The number of aryl methyl sites for hydroxylation is 1. The molecule has 0 saturated heterocycles. The lowest BCUT2D eigenvalue weighted by Crippen LogP contribution is -2.09. The maximum Gasteiger partial charge on any atom is 0.256 e. The van der Waals surface area contributed by atoms with E-state index in [0.717, 1.165) is 25.7 Å². The summed E-state index contributed by atoms with van der Waals surface area (Å²) in [5.74, 6) is 1.59. The van der Waals surface area contributed by atoms with Crippen molar-refractivity contribution in [2.24, 2.45) is 5.92 Å². The summed E-state index contributed by atoms with van der Waals surface area (Å²) in [5.41, 5.74) is 1.56. The lowest BCUT2D eigenvalue weighted by molar-refractivity contribution is 0.330. The van der Waals surface area contributed by atoms with Crippen molar-refractivity contribution >= 4 is 0 Å². The average Bonchev–Trinajstić information content (AvgIpc) is 3.30. The number of benzene rings is 1. The molecule has 4 rings (SSSR count). The fourth-order valence-corrected chi connectivity index (χ4v) is 4.76. The van der Waals surface area contributed by atoms with Gasteiger partial charge >= 0.3 is 0 Å². The van der Waals surface area contributed by atoms with E-state index in [-0.39, 0.29) is 23.1 Å². The molecule has 0 unspecified atom stereocenters. The van der Waals surface area contributed by atoms with Crippen molar-refractivity contribution in [2.75, 3.05) is 14.2 Å². The standard InChI is InChI=1S/C26H33N3O5/c1-4-5-12-17-21(22-18(32-2)13-9-14-19(22)33-3)24(30)23(25(31)27-17)26-29-28-20(34-26)15-16-10-7-6-8-11-16/h9,13-14,16H,4-8,10-12,15H2,1-3H3,(H2,27,30,31). The van der Waals surface area contributed by atoms with Crippen LogP contribution in [0.25, 0.3) is 22.6 Å². The lowest BCUT2D eigenvalue weighted by Gasteiger charge is -2.19. The number of ether oxygens (including phenoxy) is 2. The molecular weight excluding hydrogens is 434 g/mol. The van der Waals surface area contributed by atoms with Crippen molar-refractivity contribution in [1.29, 1.82) is 0 Å². The second-order valence-corrected chi connectivity index (χ2v) is 8.83. The third-order valence-corrected chi connectivity index (χ3v) is 6.54. The van der Waals surface area contributed by atoms with Gasteiger partial charge in [0.25, 0.3) is 5.89 Å². The van der Waals surface area contributed by atoms with E-state index in [1.165, 1.54) is 19.3 Å². The molecule has 0 bridgehead atoms. The molecule has 2 aromatic heterocycles. The smallest absolute Gasteiger partial charge is 0.256 e. The lowest BCUT2D eigenvalue weighted by atomic mass is 9.87. The Hall–Kier alpha value is -3.29. The Balaban J connectivity index is 1.82. The molecule has 0 radical (unpaired) electrons. The zero-order valence-electron chi connectivity index (χ0n) is 20.1. The van der Waals surface area contributed by atoms with E-state index in [2.05, 4.69) is 22.1 Å². The molecule has 34 heavy (non-hydrogen) atoms. The Morgan fingerprint density at radius 2 is 1.68 bits per heavy atom. The van der Waals surface area contributed by atoms with Gasteiger partial charge in [-0.25, -0.2) is 4.98 Å². The van der Waals surface area contributed by atoms with Crippen molar-refractivity contribution < 1.29 is 24.1 Å². The topological polar surface area (TPSA) is 111 Å². The van der Waals surface area contributed by atoms with Gasteiger partial charge in [-0.15, -0.1) is 10.2 Å². The third-order valence-electron chi connectivity index (χ3n) is 6.54. The zero-order chi connectivity index (χ0) is 24.1. The van der Waals surface area contributed by atoms with Gasteiger partial charge in [-0.3, -0.25) is 0 Å². The van der Waals surface area contributed by atoms with Crippen LogP contribution in [-0.4, -0.2) is 39.6 Å². The Bertz CT molecular complexity index is 1100. The van der Waals surface area contributed by atoms with Gasteiger partial charge in [0.05, 0.1) is 31.0 Å². The number of methoxy groups -OCH3 is 2. The number of aromatic nitrogens is 3. The summed E-state index contributed by atoms with van der Waals surface area (Å²) >= 11 is 0. The first kappa shape index (κ1) is 23.9. The first-order chi connectivity index (χ1) is 16.6. The molecule has 0 aliphatic heterocycles. The maximum atomic E-state index is 11.5. The molecule has 2 N–H and O–H groups in total. The van der Waals surface area contributed by atoms with Crippen LogP contribution < -0.4 is 9.47 Å². The minimum absolute atomic E-state index is 0.0191. The molecule has 1 saturated carbocycles. The van der Waals surface area contributed by atoms with Crippen LogP contribution in [0.3, 0.4) is 0 Å². The van der Waals surface area contributed by atoms with Crippen LogP contribution >= 0.6 is 0 Å². The van der Waals surface area contributed by atoms with E-state index in [4.69, 9.17) is 13.9 Å². The predicted molar refractivity (Wildman–Crippen MR) is 128 cm³/mol. The highest BCUT2D eigenvalue weighted by molar-refractivity contribution is 5.88. The van der Waals surface area contributed by atoms with Crippen LogP contribution in [-0.2, 0) is 12.8 Å². The molecule has 1 aromatic carbocycles. The number of rotatable bonds is 9. The second kappa shape index (κ2) is 10.8. The summed E-state index contributed by atoms with van der Waals surface area (Å²) in [6, 6.07) is 5.40. The Morgan fingerprint density at radius 1 is 0.971 bits per heavy atom. The molecule has 8 nitrogen and oxygen atoms in total. The minimum Gasteiger partial charge on any atom is -0.506 e. The van der Waals surface area contributed by atoms with Crippen LogP contribution in [0.5, 0.6) is 23.1 Å². The molecule has 3 aromatic rings. The predicted octanol–water partition coefficient (Wildman–Crippen LogP) is 5.69. The molecule has 1 fully saturated rings. The van der Waals surface area contributed by atoms with Crippen molar-refractivity contribution in [3.63, 3.8) is 0 Å². The number of hydrogen-bond donors (Lipinski definition) is 2. The van der Waals surface area contributed by atoms with Gasteiger partial charge in [-0.05, 0) is 43.7 Å². The van der Waals surface area contributed by atoms with Crippen molar-refractivity contribution in [3.8, 4) is 45.7 Å². The largest absolute Gasteiger partial charge is 0.506 e. The van der Waals surface area contributed by atoms with Gasteiger partial charge in [0.15, 0.2) is 0 Å². The van der Waals surface area contributed by atoms with E-state index < -0.39 is 0 Å². The SMILES string of the molecule is CCCCc1nc(O)c(-c2nnc(CC3CCCCC3)o2)c(O)c1-c1c(OC)cccc1OC. The number of nitrogens with zero attached hydrogens (tertiary/aromatic N) is 3. The van der Waals surface area contributed by atoms with E-state index in [1.807, 2.05) is 6.07 Å². The molecule has 0 atom stereocenters. The molecule has 1 aliphatic carbocycles. The average molecular weight is 468 g/mol. The van der Waals surface area contributed by atoms with Crippen LogP contribution in [0, 0.1) is 5.92 Å². The highest BCUT2D eigenvalue weighted by Gasteiger charge is 2.29. The fraction of sp³-hybridized carbons (Fsp3) is 0.500. The van der Waals surface area contributed by atoms with Gasteiger partial charge < -0.3 is 24.1 Å². The zero-order valence-corrected chi connectivity index (χ0v) is 20.1. The van der Waals surface area contributed by atoms with Gasteiger partial charge in [0.2, 0.25) is 11.8 Å². The highest BCUT2D eigenvalue weighted by Crippen LogP contribution is 2.49. The monoisotopic (exact) mass is 467 g/mol. The van der Waals surface area contributed by atoms with Gasteiger partial charge in [-0.1, -0.05) is 38.7 Å². The quantitative estimate of drug-likeness (QED) is 0.413. The van der Waals surface area contributed by atoms with Crippen LogP contribution in [0.1, 0.15) is 63.5 Å². The molecule has 0 spiro atoms. The Labute approximate surface area is 200 Å². The first-order valence-corrected chi connectivity index (χ1v) is 12.1. The number of hydrogen-bond acceptors (Lipinski definition) is 8. The number of aromatic hydroxyl groups is 2. The van der Waals surface area contributed by atoms with Crippen molar-refractivity contribution in [3.05, 3.63) is 29.8 Å². The Kier molecular flexibility index (Phi) is 7.55. The summed E-state index contributed by atoms with van der Waals surface area (Å²) in [6.45, 7) is 2.07. The second-order valence-electron chi connectivity index (χ2n) is 8.83. The van der Waals surface area contributed by atoms with E-state index >= 15 is 0 Å². The normalized spacial score (nSPS) is 14.3.